The van der Waals surface area contributed by atoms with Crippen molar-refractivity contribution in [1.29, 1.82) is 0 Å². The number of aromatic nitrogens is 2. The van der Waals surface area contributed by atoms with Crippen LogP contribution in [0, 0.1) is 5.92 Å². The summed E-state index contributed by atoms with van der Waals surface area (Å²) in [5.74, 6) is -2.87. The second kappa shape index (κ2) is 10.3. The van der Waals surface area contributed by atoms with Crippen LogP contribution in [0.2, 0.25) is 0 Å². The molecule has 2 unspecified atom stereocenters. The number of carboxylic acids is 1. The molecule has 1 aromatic heterocycles. The molecule has 6 atom stereocenters. The van der Waals surface area contributed by atoms with Gasteiger partial charge < -0.3 is 35.7 Å². The van der Waals surface area contributed by atoms with Gasteiger partial charge in [0.25, 0.3) is 5.91 Å². The number of likely N-dealkylation sites (N-methyl/N-ethyl adjacent to an activating group) is 1. The molecule has 194 valence electrons. The first kappa shape index (κ1) is 26.2. The Morgan fingerprint density at radius 3 is 2.61 bits per heavy atom. The molecule has 0 bridgehead atoms. The molecule has 36 heavy (non-hydrogen) atoms. The molecule has 1 aromatic rings. The Morgan fingerprint density at radius 1 is 1.33 bits per heavy atom. The number of quaternary nitrogens is 1. The molecule has 1 amide bonds. The number of anilines is 1. The number of fused-ring (bicyclic) bond motifs is 1. The maximum Gasteiger partial charge on any atom is 0.332 e. The van der Waals surface area contributed by atoms with Gasteiger partial charge in [-0.2, -0.15) is 21.1 Å². The summed E-state index contributed by atoms with van der Waals surface area (Å²) in [6.45, 7) is 1.28. The van der Waals surface area contributed by atoms with Crippen LogP contribution < -0.4 is 11.1 Å². The molecule has 3 aliphatic rings. The second-order valence-electron chi connectivity index (χ2n) is 9.13. The Morgan fingerprint density at radius 2 is 2.03 bits per heavy atom. The number of thioether (sulfide) groups is 1. The van der Waals surface area contributed by atoms with Crippen LogP contribution in [0.1, 0.15) is 5.82 Å². The van der Waals surface area contributed by atoms with Gasteiger partial charge in [-0.1, -0.05) is 11.2 Å². The average molecular weight is 540 g/mol. The van der Waals surface area contributed by atoms with Crippen molar-refractivity contribution in [3.63, 3.8) is 0 Å². The first-order valence-corrected chi connectivity index (χ1v) is 12.9. The summed E-state index contributed by atoms with van der Waals surface area (Å²) in [7, 11) is 3.15. The molecule has 3 heterocycles. The molecule has 4 rings (SSSR count). The van der Waals surface area contributed by atoms with Gasteiger partial charge in [0.1, 0.15) is 38.4 Å². The molecule has 0 spiro atoms. The van der Waals surface area contributed by atoms with Crippen molar-refractivity contribution in [1.82, 2.24) is 14.7 Å². The van der Waals surface area contributed by atoms with Crippen molar-refractivity contribution in [2.45, 2.75) is 23.5 Å². The van der Waals surface area contributed by atoms with Gasteiger partial charge in [-0.3, -0.25) is 9.59 Å². The van der Waals surface area contributed by atoms with Crippen LogP contribution in [-0.2, 0) is 19.2 Å². The van der Waals surface area contributed by atoms with Crippen LogP contribution >= 0.6 is 23.3 Å². The number of aliphatic carboxylic acids is 1. The van der Waals surface area contributed by atoms with E-state index in [1.165, 1.54) is 18.9 Å². The number of aliphatic hydroxyl groups excluding tert-OH is 2. The van der Waals surface area contributed by atoms with Gasteiger partial charge >= 0.3 is 5.97 Å². The first-order chi connectivity index (χ1) is 17.0. The molecule has 1 saturated carbocycles. The summed E-state index contributed by atoms with van der Waals surface area (Å²) in [6.07, 6.45) is 1.93. The molecule has 1 saturated heterocycles. The number of hydrogen-bond donors (Lipinski definition) is 5. The van der Waals surface area contributed by atoms with E-state index in [2.05, 4.69) is 19.8 Å². The molecule has 0 radical (unpaired) electrons. The minimum absolute atomic E-state index is 0.0226. The summed E-state index contributed by atoms with van der Waals surface area (Å²) < 4.78 is 4.37. The fourth-order valence-electron chi connectivity index (χ4n) is 4.75. The third kappa shape index (κ3) is 5.01. The van der Waals surface area contributed by atoms with E-state index in [1.54, 1.807) is 6.08 Å². The number of Topliss-reactive ketones (excluding diaryl/α,β-unsaturated/α-hetero) is 1. The van der Waals surface area contributed by atoms with Crippen LogP contribution in [0.25, 0.3) is 0 Å². The van der Waals surface area contributed by atoms with Crippen molar-refractivity contribution in [2.24, 2.45) is 11.1 Å². The lowest BCUT2D eigenvalue weighted by Gasteiger charge is -2.45. The number of oxime groups is 1. The summed E-state index contributed by atoms with van der Waals surface area (Å²) in [4.78, 5) is 46.5. The first-order valence-electron chi connectivity index (χ1n) is 11.0. The van der Waals surface area contributed by atoms with Gasteiger partial charge in [-0.05, 0) is 11.6 Å². The highest BCUT2D eigenvalue weighted by Crippen LogP contribution is 2.45. The molecule has 6 N–H and O–H groups in total. The number of nitrogens with zero attached hydrogens (tertiary/aromatic N) is 4. The number of amides is 1. The molecular formula is C21H27N6O7S2+. The fourth-order valence-corrected chi connectivity index (χ4v) is 6.67. The zero-order valence-corrected chi connectivity index (χ0v) is 21.2. The number of likely N-dealkylation sites (tertiary alicyclic amines) is 1. The lowest BCUT2D eigenvalue weighted by Crippen LogP contribution is -2.65. The number of nitrogen functional groups attached to an aromatic ring is 1. The monoisotopic (exact) mass is 539 g/mol. The molecule has 2 fully saturated rings. The third-order valence-corrected chi connectivity index (χ3v) is 8.44. The highest BCUT2D eigenvalue weighted by atomic mass is 32.2. The zero-order chi connectivity index (χ0) is 26.2. The fraction of sp³-hybridized carbons (Fsp3) is 0.524. The molecule has 2 aliphatic heterocycles. The van der Waals surface area contributed by atoms with Crippen molar-refractivity contribution < 1.29 is 39.0 Å². The van der Waals surface area contributed by atoms with Crippen molar-refractivity contribution in [3.8, 4) is 0 Å². The maximum absolute atomic E-state index is 13.0. The Labute approximate surface area is 214 Å². The van der Waals surface area contributed by atoms with Crippen molar-refractivity contribution >= 4 is 51.8 Å². The minimum Gasteiger partial charge on any atom is -0.478 e. The molecule has 0 aromatic carbocycles. The molecule has 1 aliphatic carbocycles. The van der Waals surface area contributed by atoms with Gasteiger partial charge in [0, 0.05) is 22.5 Å². The predicted octanol–water partition coefficient (Wildman–Crippen LogP) is -1.61. The lowest BCUT2D eigenvalue weighted by molar-refractivity contribution is -0.894. The average Bonchev–Trinajstić information content (AvgIpc) is 3.36. The highest BCUT2D eigenvalue weighted by Gasteiger charge is 2.56. The largest absolute Gasteiger partial charge is 0.478 e. The van der Waals surface area contributed by atoms with Crippen molar-refractivity contribution in [2.75, 3.05) is 45.3 Å². The Hall–Kier alpha value is -2.85. The maximum atomic E-state index is 13.0. The van der Waals surface area contributed by atoms with Crippen LogP contribution in [0.15, 0.2) is 28.5 Å². The minimum atomic E-state index is -1.18. The zero-order valence-electron chi connectivity index (χ0n) is 19.5. The second-order valence-corrected chi connectivity index (χ2v) is 11.1. The Bertz CT molecular complexity index is 1160. The van der Waals surface area contributed by atoms with E-state index in [0.717, 1.165) is 11.5 Å². The quantitative estimate of drug-likeness (QED) is 0.145. The number of allylic oxidation sites excluding steroid dienone is 1. The lowest BCUT2D eigenvalue weighted by atomic mass is 9.71. The summed E-state index contributed by atoms with van der Waals surface area (Å²) in [5, 5.41) is 35.5. The van der Waals surface area contributed by atoms with Crippen LogP contribution in [0.4, 0.5) is 5.13 Å². The van der Waals surface area contributed by atoms with Gasteiger partial charge in [0.15, 0.2) is 10.9 Å². The summed E-state index contributed by atoms with van der Waals surface area (Å²) in [5.41, 5.74) is 5.89. The van der Waals surface area contributed by atoms with Gasteiger partial charge in [-0.25, -0.2) is 4.79 Å². The van der Waals surface area contributed by atoms with Crippen LogP contribution in [-0.4, -0.2) is 116 Å². The number of nitrogens with one attached hydrogen (secondary N) is 1. The normalized spacial score (nSPS) is 32.4. The number of carboxylic acid groups (broad SMARTS) is 1. The number of carbonyl (C=O) groups excluding carboxylic acids is 2. The predicted molar refractivity (Wildman–Crippen MR) is 131 cm³/mol. The van der Waals surface area contributed by atoms with Crippen LogP contribution in [0.5, 0.6) is 0 Å². The number of nitrogens with two attached hydrogens (primary N) is 1. The number of ketones is 1. The number of aliphatic hydroxyl groups is 2. The molecule has 15 heteroatoms. The van der Waals surface area contributed by atoms with Gasteiger partial charge in [0.05, 0.1) is 25.1 Å². The highest BCUT2D eigenvalue weighted by molar-refractivity contribution is 8.00. The smallest absolute Gasteiger partial charge is 0.332 e. The molecular weight excluding hydrogens is 512 g/mol. The van der Waals surface area contributed by atoms with E-state index in [1.807, 2.05) is 13.1 Å². The van der Waals surface area contributed by atoms with E-state index in [0.29, 0.717) is 35.4 Å². The third-order valence-electron chi connectivity index (χ3n) is 6.49. The van der Waals surface area contributed by atoms with E-state index in [9.17, 15) is 29.7 Å². The number of rotatable bonds is 8. The van der Waals surface area contributed by atoms with Gasteiger partial charge in [0.2, 0.25) is 11.5 Å². The summed E-state index contributed by atoms with van der Waals surface area (Å²) in [6, 6.07) is -0.900. The number of carbonyl (C=O) groups is 3. The topological polar surface area (TPSA) is 197 Å². The summed E-state index contributed by atoms with van der Waals surface area (Å²) >= 11 is 2.27. The van der Waals surface area contributed by atoms with E-state index < -0.39 is 47.1 Å². The molecule has 13 nitrogen and oxygen atoms in total. The van der Waals surface area contributed by atoms with Crippen molar-refractivity contribution in [3.05, 3.63) is 29.1 Å². The standard InChI is InChI=1S/C21H26N6O7S2/c1-27(6-10(28)11(29)7-27)5-3-4-9-8-35-17-13(12(9)20(32)33)16(30)14(17)23-19(31)15(25-34-2)18-24-21(22)36-26-18/h3-4,10-11,13-14,17,28-29H,5-8H2,1-2H3,(H3-,22,23,24,26,31,32,33)/p+1/b4-3+,25-15-/t10-,11+,13?,14-,17+,27?/m1/s1. The SMILES string of the molecule is CO/N=C(\C(=O)N[C@@H]1C(=O)C2C(C(=O)O)=C(/C=C/C[N+]3(C)C[C@@H](O)[C@@H](O)C3)CS[C@@H]21)c1nsc(N)n1. The van der Waals surface area contributed by atoms with E-state index in [-0.39, 0.29) is 22.2 Å². The van der Waals surface area contributed by atoms with Gasteiger partial charge in [-0.15, -0.1) is 0 Å². The number of hydrogen-bond acceptors (Lipinski definition) is 12. The Kier molecular flexibility index (Phi) is 7.47. The van der Waals surface area contributed by atoms with Crippen LogP contribution in [0.3, 0.4) is 0 Å². The Balaban J connectivity index is 1.47. The van der Waals surface area contributed by atoms with E-state index >= 15 is 0 Å². The van der Waals surface area contributed by atoms with E-state index in [4.69, 9.17) is 10.6 Å².